The maximum atomic E-state index is 11.8. The highest BCUT2D eigenvalue weighted by molar-refractivity contribution is 5.94. The molecule has 1 amide bonds. The van der Waals surface area contributed by atoms with Crippen molar-refractivity contribution in [3.63, 3.8) is 0 Å². The zero-order chi connectivity index (χ0) is 16.7. The number of carbonyl (C=O) groups excluding carboxylic acids is 1. The first kappa shape index (κ1) is 17.6. The lowest BCUT2D eigenvalue weighted by molar-refractivity contribution is -0.120. The Bertz CT molecular complexity index is 537. The Morgan fingerprint density at radius 1 is 1.05 bits per heavy atom. The maximum Gasteiger partial charge on any atom is 0.335 e. The van der Waals surface area contributed by atoms with Crippen LogP contribution in [0, 0.1) is 0 Å². The van der Waals surface area contributed by atoms with E-state index < -0.39 is 11.9 Å². The molecule has 3 N–H and O–H groups in total. The number of aromatic carboxylic acids is 2. The van der Waals surface area contributed by atoms with Gasteiger partial charge in [-0.25, -0.2) is 9.59 Å². The van der Waals surface area contributed by atoms with Gasteiger partial charge >= 0.3 is 11.9 Å². The summed E-state index contributed by atoms with van der Waals surface area (Å²) in [6.45, 7) is 1.36. The van der Waals surface area contributed by atoms with Gasteiger partial charge in [-0.2, -0.15) is 0 Å². The van der Waals surface area contributed by atoms with Crippen LogP contribution in [0.2, 0.25) is 0 Å². The third-order valence-electron chi connectivity index (χ3n) is 2.96. The van der Waals surface area contributed by atoms with E-state index in [9.17, 15) is 14.4 Å². The molecule has 120 valence electrons. The number of rotatable bonds is 8. The van der Waals surface area contributed by atoms with Crippen LogP contribution in [-0.4, -0.2) is 60.1 Å². The zero-order valence-electron chi connectivity index (χ0n) is 12.6. The standard InChI is InChI=1S/C15H20N2O5/c1-17(2)5-3-4-16-13(18)8-10-6-11(14(19)20)9-12(7-10)15(21)22/h6-7,9H,3-5,8H2,1-2H3,(H,16,18)(H,19,20)(H,21,22). The van der Waals surface area contributed by atoms with Gasteiger partial charge in [0.2, 0.25) is 5.91 Å². The molecule has 0 heterocycles. The Kier molecular flexibility index (Phi) is 6.52. The largest absolute Gasteiger partial charge is 0.478 e. The van der Waals surface area contributed by atoms with Gasteiger partial charge in [0, 0.05) is 6.54 Å². The third kappa shape index (κ3) is 5.92. The van der Waals surface area contributed by atoms with Crippen molar-refractivity contribution in [3.8, 4) is 0 Å². The molecular weight excluding hydrogens is 288 g/mol. The molecule has 0 unspecified atom stereocenters. The average molecular weight is 308 g/mol. The molecule has 0 fully saturated rings. The number of carboxylic acids is 2. The minimum absolute atomic E-state index is 0.0522. The molecular formula is C15H20N2O5. The predicted octanol–water partition coefficient (Wildman–Crippen LogP) is 0.693. The van der Waals surface area contributed by atoms with Crippen LogP contribution in [0.15, 0.2) is 18.2 Å². The molecule has 0 saturated carbocycles. The summed E-state index contributed by atoms with van der Waals surface area (Å²) in [7, 11) is 3.87. The monoisotopic (exact) mass is 308 g/mol. The summed E-state index contributed by atoms with van der Waals surface area (Å²) in [4.78, 5) is 35.8. The normalized spacial score (nSPS) is 10.5. The van der Waals surface area contributed by atoms with Gasteiger partial charge in [0.15, 0.2) is 0 Å². The van der Waals surface area contributed by atoms with E-state index in [-0.39, 0.29) is 23.5 Å². The van der Waals surface area contributed by atoms with Crippen LogP contribution in [0.1, 0.15) is 32.7 Å². The fraction of sp³-hybridized carbons (Fsp3) is 0.400. The molecule has 7 nitrogen and oxygen atoms in total. The molecule has 0 bridgehead atoms. The molecule has 0 saturated heterocycles. The first-order valence-corrected chi connectivity index (χ1v) is 6.81. The maximum absolute atomic E-state index is 11.8. The minimum atomic E-state index is -1.23. The van der Waals surface area contributed by atoms with Gasteiger partial charge < -0.3 is 20.4 Å². The molecule has 0 aromatic heterocycles. The van der Waals surface area contributed by atoms with Crippen molar-refractivity contribution in [2.45, 2.75) is 12.8 Å². The van der Waals surface area contributed by atoms with Gasteiger partial charge in [0.05, 0.1) is 17.5 Å². The zero-order valence-corrected chi connectivity index (χ0v) is 12.6. The van der Waals surface area contributed by atoms with Crippen LogP contribution in [-0.2, 0) is 11.2 Å². The van der Waals surface area contributed by atoms with Crippen LogP contribution in [0.3, 0.4) is 0 Å². The fourth-order valence-corrected chi connectivity index (χ4v) is 1.91. The van der Waals surface area contributed by atoms with E-state index in [1.54, 1.807) is 0 Å². The van der Waals surface area contributed by atoms with Crippen LogP contribution >= 0.6 is 0 Å². The predicted molar refractivity (Wildman–Crippen MR) is 80.2 cm³/mol. The summed E-state index contributed by atoms with van der Waals surface area (Å²) >= 11 is 0. The van der Waals surface area contributed by atoms with Crippen molar-refractivity contribution in [3.05, 3.63) is 34.9 Å². The summed E-state index contributed by atoms with van der Waals surface area (Å²) < 4.78 is 0. The quantitative estimate of drug-likeness (QED) is 0.610. The summed E-state index contributed by atoms with van der Waals surface area (Å²) in [6.07, 6.45) is 0.748. The summed E-state index contributed by atoms with van der Waals surface area (Å²) in [6, 6.07) is 3.70. The van der Waals surface area contributed by atoms with Crippen LogP contribution in [0.25, 0.3) is 0 Å². The van der Waals surface area contributed by atoms with Gasteiger partial charge in [0.1, 0.15) is 0 Å². The molecule has 22 heavy (non-hydrogen) atoms. The SMILES string of the molecule is CN(C)CCCNC(=O)Cc1cc(C(=O)O)cc(C(=O)O)c1. The highest BCUT2D eigenvalue weighted by atomic mass is 16.4. The van der Waals surface area contributed by atoms with Crippen molar-refractivity contribution in [1.29, 1.82) is 0 Å². The number of carboxylic acid groups (broad SMARTS) is 2. The summed E-state index contributed by atoms with van der Waals surface area (Å²) in [5.74, 6) is -2.72. The van der Waals surface area contributed by atoms with E-state index in [1.807, 2.05) is 19.0 Å². The summed E-state index contributed by atoms with van der Waals surface area (Å²) in [5.41, 5.74) is 0.0769. The lowest BCUT2D eigenvalue weighted by Crippen LogP contribution is -2.28. The minimum Gasteiger partial charge on any atom is -0.478 e. The second-order valence-corrected chi connectivity index (χ2v) is 5.21. The third-order valence-corrected chi connectivity index (χ3v) is 2.96. The van der Waals surface area contributed by atoms with Gasteiger partial charge in [-0.05, 0) is 50.8 Å². The second kappa shape index (κ2) is 8.14. The Balaban J connectivity index is 2.69. The molecule has 7 heteroatoms. The molecule has 0 aliphatic rings. The molecule has 1 aromatic carbocycles. The van der Waals surface area contributed by atoms with E-state index in [4.69, 9.17) is 10.2 Å². The van der Waals surface area contributed by atoms with E-state index in [1.165, 1.54) is 12.1 Å². The van der Waals surface area contributed by atoms with E-state index in [0.29, 0.717) is 12.1 Å². The van der Waals surface area contributed by atoms with Crippen LogP contribution < -0.4 is 5.32 Å². The topological polar surface area (TPSA) is 107 Å². The van der Waals surface area contributed by atoms with Gasteiger partial charge in [-0.3, -0.25) is 4.79 Å². The van der Waals surface area contributed by atoms with Crippen molar-refractivity contribution in [2.24, 2.45) is 0 Å². The molecule has 1 rings (SSSR count). The smallest absolute Gasteiger partial charge is 0.335 e. The molecule has 0 aliphatic carbocycles. The van der Waals surface area contributed by atoms with Crippen LogP contribution in [0.5, 0.6) is 0 Å². The van der Waals surface area contributed by atoms with Gasteiger partial charge in [-0.1, -0.05) is 0 Å². The molecule has 0 spiro atoms. The summed E-state index contributed by atoms with van der Waals surface area (Å²) in [5, 5.41) is 20.7. The lowest BCUT2D eigenvalue weighted by Gasteiger charge is -2.10. The van der Waals surface area contributed by atoms with Gasteiger partial charge in [-0.15, -0.1) is 0 Å². The highest BCUT2D eigenvalue weighted by Gasteiger charge is 2.13. The number of hydrogen-bond donors (Lipinski definition) is 3. The lowest BCUT2D eigenvalue weighted by atomic mass is 10.0. The van der Waals surface area contributed by atoms with Crippen molar-refractivity contribution >= 4 is 17.8 Å². The highest BCUT2D eigenvalue weighted by Crippen LogP contribution is 2.12. The average Bonchev–Trinajstić information content (AvgIpc) is 2.42. The Labute approximate surface area is 128 Å². The Morgan fingerprint density at radius 2 is 1.59 bits per heavy atom. The van der Waals surface area contributed by atoms with Crippen LogP contribution in [0.4, 0.5) is 0 Å². The van der Waals surface area contributed by atoms with Crippen molar-refractivity contribution in [2.75, 3.05) is 27.2 Å². The number of amides is 1. The number of nitrogens with zero attached hydrogens (tertiary/aromatic N) is 1. The van der Waals surface area contributed by atoms with Crippen molar-refractivity contribution < 1.29 is 24.6 Å². The van der Waals surface area contributed by atoms with Crippen molar-refractivity contribution in [1.82, 2.24) is 10.2 Å². The molecule has 0 radical (unpaired) electrons. The fourth-order valence-electron chi connectivity index (χ4n) is 1.91. The second-order valence-electron chi connectivity index (χ2n) is 5.21. The molecule has 1 aromatic rings. The Hall–Kier alpha value is -2.41. The number of nitrogens with one attached hydrogen (secondary N) is 1. The van der Waals surface area contributed by atoms with E-state index in [2.05, 4.69) is 5.32 Å². The number of carbonyl (C=O) groups is 3. The van der Waals surface area contributed by atoms with Gasteiger partial charge in [0.25, 0.3) is 0 Å². The van der Waals surface area contributed by atoms with E-state index in [0.717, 1.165) is 19.0 Å². The first-order chi connectivity index (χ1) is 10.3. The molecule has 0 aliphatic heterocycles. The first-order valence-electron chi connectivity index (χ1n) is 6.81. The number of benzene rings is 1. The molecule has 0 atom stereocenters. The number of hydrogen-bond acceptors (Lipinski definition) is 4. The Morgan fingerprint density at radius 3 is 2.05 bits per heavy atom. The van der Waals surface area contributed by atoms with E-state index >= 15 is 0 Å².